The Balaban J connectivity index is 3.31. The maximum atomic E-state index is 11.0. The van der Waals surface area contributed by atoms with E-state index < -0.39 is 0 Å². The van der Waals surface area contributed by atoms with Gasteiger partial charge in [-0.2, -0.15) is 0 Å². The van der Waals surface area contributed by atoms with Crippen LogP contribution < -0.4 is 10.6 Å². The number of thioether (sulfide) groups is 1. The minimum absolute atomic E-state index is 0.0706. The third-order valence-electron chi connectivity index (χ3n) is 1.70. The van der Waals surface area contributed by atoms with Gasteiger partial charge in [-0.3, -0.25) is 4.79 Å². The van der Waals surface area contributed by atoms with Crippen LogP contribution >= 0.6 is 11.8 Å². The van der Waals surface area contributed by atoms with Gasteiger partial charge in [0.1, 0.15) is 0 Å². The van der Waals surface area contributed by atoms with Crippen molar-refractivity contribution in [3.8, 4) is 12.3 Å². The van der Waals surface area contributed by atoms with Gasteiger partial charge >= 0.3 is 0 Å². The second-order valence-corrected chi connectivity index (χ2v) is 4.09. The molecule has 0 spiro atoms. The van der Waals surface area contributed by atoms with Crippen LogP contribution in [0.3, 0.4) is 0 Å². The number of nitrogens with one attached hydrogen (secondary N) is 2. The van der Waals surface area contributed by atoms with Gasteiger partial charge in [-0.05, 0) is 6.92 Å². The number of carbonyl (C=O) groups is 1. The van der Waals surface area contributed by atoms with E-state index in [9.17, 15) is 4.79 Å². The van der Waals surface area contributed by atoms with Crippen LogP contribution in [-0.2, 0) is 4.79 Å². The fraction of sp³-hybridized carbons (Fsp3) is 0.700. The Labute approximate surface area is 90.4 Å². The molecular formula is C10H18N2OS. The number of rotatable bonds is 7. The molecule has 0 aromatic rings. The van der Waals surface area contributed by atoms with Gasteiger partial charge in [0.2, 0.25) is 5.91 Å². The summed E-state index contributed by atoms with van der Waals surface area (Å²) in [6.45, 7) is 2.89. The largest absolute Gasteiger partial charge is 0.359 e. The highest BCUT2D eigenvalue weighted by Gasteiger charge is 2.05. The van der Waals surface area contributed by atoms with Gasteiger partial charge in [0.25, 0.3) is 0 Å². The molecule has 0 aliphatic rings. The average molecular weight is 214 g/mol. The van der Waals surface area contributed by atoms with Gasteiger partial charge in [-0.25, -0.2) is 0 Å². The Morgan fingerprint density at radius 2 is 2.36 bits per heavy atom. The third-order valence-corrected chi connectivity index (χ3v) is 2.56. The number of terminal acetylenes is 1. The molecule has 0 heterocycles. The van der Waals surface area contributed by atoms with Crippen LogP contribution in [-0.4, -0.2) is 37.0 Å². The molecular weight excluding hydrogens is 196 g/mol. The van der Waals surface area contributed by atoms with Gasteiger partial charge in [0.05, 0.1) is 5.75 Å². The van der Waals surface area contributed by atoms with E-state index in [1.807, 2.05) is 6.92 Å². The highest BCUT2D eigenvalue weighted by atomic mass is 32.2. The molecule has 80 valence electrons. The summed E-state index contributed by atoms with van der Waals surface area (Å²) in [5.41, 5.74) is 0. The van der Waals surface area contributed by atoms with E-state index in [1.165, 1.54) is 0 Å². The van der Waals surface area contributed by atoms with Crippen molar-refractivity contribution in [2.45, 2.75) is 19.4 Å². The maximum Gasteiger partial charge on any atom is 0.221 e. The smallest absolute Gasteiger partial charge is 0.221 e. The fourth-order valence-electron chi connectivity index (χ4n) is 0.961. The van der Waals surface area contributed by atoms with Crippen molar-refractivity contribution in [1.82, 2.24) is 10.6 Å². The molecule has 0 aromatic heterocycles. The number of hydrogen-bond donors (Lipinski definition) is 2. The normalized spacial score (nSPS) is 11.8. The van der Waals surface area contributed by atoms with Crippen molar-refractivity contribution >= 4 is 17.7 Å². The van der Waals surface area contributed by atoms with Crippen molar-refractivity contribution in [3.63, 3.8) is 0 Å². The molecule has 0 aromatic carbocycles. The van der Waals surface area contributed by atoms with Crippen LogP contribution in [0.4, 0.5) is 0 Å². The summed E-state index contributed by atoms with van der Waals surface area (Å²) >= 11 is 1.72. The Morgan fingerprint density at radius 1 is 1.64 bits per heavy atom. The lowest BCUT2D eigenvalue weighted by atomic mass is 10.2. The van der Waals surface area contributed by atoms with Gasteiger partial charge in [0, 0.05) is 31.8 Å². The molecule has 3 nitrogen and oxygen atoms in total. The Kier molecular flexibility index (Phi) is 8.50. The third kappa shape index (κ3) is 7.96. The van der Waals surface area contributed by atoms with E-state index >= 15 is 0 Å². The van der Waals surface area contributed by atoms with E-state index in [2.05, 4.69) is 16.6 Å². The first-order valence-electron chi connectivity index (χ1n) is 4.66. The maximum absolute atomic E-state index is 11.0. The van der Waals surface area contributed by atoms with Crippen LogP contribution in [0.15, 0.2) is 0 Å². The molecule has 0 bridgehead atoms. The van der Waals surface area contributed by atoms with Gasteiger partial charge in [-0.1, -0.05) is 5.92 Å². The van der Waals surface area contributed by atoms with Crippen molar-refractivity contribution < 1.29 is 4.79 Å². The molecule has 0 aliphatic heterocycles. The van der Waals surface area contributed by atoms with Crippen LogP contribution in [0, 0.1) is 12.3 Å². The zero-order valence-corrected chi connectivity index (χ0v) is 9.62. The molecule has 1 unspecified atom stereocenters. The Morgan fingerprint density at radius 3 is 2.93 bits per heavy atom. The number of amides is 1. The zero-order valence-electron chi connectivity index (χ0n) is 8.80. The zero-order chi connectivity index (χ0) is 10.8. The SMILES string of the molecule is C#CCSCCNC(C)CC(=O)NC. The van der Waals surface area contributed by atoms with Gasteiger partial charge < -0.3 is 10.6 Å². The Bertz CT molecular complexity index is 201. The highest BCUT2D eigenvalue weighted by Crippen LogP contribution is 1.97. The monoisotopic (exact) mass is 214 g/mol. The lowest BCUT2D eigenvalue weighted by Crippen LogP contribution is -2.33. The van der Waals surface area contributed by atoms with Crippen molar-refractivity contribution in [3.05, 3.63) is 0 Å². The van der Waals surface area contributed by atoms with Crippen molar-refractivity contribution in [1.29, 1.82) is 0 Å². The van der Waals surface area contributed by atoms with E-state index in [1.54, 1.807) is 18.8 Å². The average Bonchev–Trinajstić information content (AvgIpc) is 2.17. The molecule has 0 fully saturated rings. The van der Waals surface area contributed by atoms with Crippen LogP contribution in [0.1, 0.15) is 13.3 Å². The minimum Gasteiger partial charge on any atom is -0.359 e. The van der Waals surface area contributed by atoms with E-state index in [4.69, 9.17) is 6.42 Å². The van der Waals surface area contributed by atoms with Crippen LogP contribution in [0.2, 0.25) is 0 Å². The summed E-state index contributed by atoms with van der Waals surface area (Å²) < 4.78 is 0. The second kappa shape index (κ2) is 8.92. The summed E-state index contributed by atoms with van der Waals surface area (Å²) in [6.07, 6.45) is 5.63. The lowest BCUT2D eigenvalue weighted by molar-refractivity contribution is -0.121. The molecule has 0 saturated carbocycles. The molecule has 0 rings (SSSR count). The predicted octanol–water partition coefficient (Wildman–Crippen LogP) is 0.467. The van der Waals surface area contributed by atoms with Gasteiger partial charge in [-0.15, -0.1) is 18.2 Å². The topological polar surface area (TPSA) is 41.1 Å². The van der Waals surface area contributed by atoms with E-state index in [0.717, 1.165) is 18.1 Å². The van der Waals surface area contributed by atoms with Crippen LogP contribution in [0.25, 0.3) is 0 Å². The van der Waals surface area contributed by atoms with E-state index in [-0.39, 0.29) is 11.9 Å². The fourth-order valence-corrected chi connectivity index (χ4v) is 1.49. The Hall–Kier alpha value is -0.660. The standard InChI is InChI=1S/C10H18N2OS/c1-4-6-14-7-5-12-9(2)8-10(13)11-3/h1,9,12H,5-8H2,2-3H3,(H,11,13). The van der Waals surface area contributed by atoms with Crippen molar-refractivity contribution in [2.75, 3.05) is 25.1 Å². The summed E-state index contributed by atoms with van der Waals surface area (Å²) in [5.74, 6) is 4.38. The molecule has 14 heavy (non-hydrogen) atoms. The predicted molar refractivity (Wildman–Crippen MR) is 62.3 cm³/mol. The van der Waals surface area contributed by atoms with E-state index in [0.29, 0.717) is 6.42 Å². The lowest BCUT2D eigenvalue weighted by Gasteiger charge is -2.11. The highest BCUT2D eigenvalue weighted by molar-refractivity contribution is 7.99. The second-order valence-electron chi connectivity index (χ2n) is 2.99. The molecule has 2 N–H and O–H groups in total. The molecule has 0 saturated heterocycles. The quantitative estimate of drug-likeness (QED) is 0.478. The molecule has 1 atom stereocenters. The molecule has 4 heteroatoms. The summed E-state index contributed by atoms with van der Waals surface area (Å²) in [7, 11) is 1.65. The van der Waals surface area contributed by atoms with Crippen LogP contribution in [0.5, 0.6) is 0 Å². The van der Waals surface area contributed by atoms with Gasteiger partial charge in [0.15, 0.2) is 0 Å². The van der Waals surface area contributed by atoms with Crippen molar-refractivity contribution in [2.24, 2.45) is 0 Å². The summed E-state index contributed by atoms with van der Waals surface area (Å²) in [6, 6.07) is 0.224. The minimum atomic E-state index is 0.0706. The molecule has 1 amide bonds. The number of hydrogen-bond acceptors (Lipinski definition) is 3. The first-order valence-corrected chi connectivity index (χ1v) is 5.81. The number of carbonyl (C=O) groups excluding carboxylic acids is 1. The molecule has 0 radical (unpaired) electrons. The molecule has 0 aliphatic carbocycles. The first-order chi connectivity index (χ1) is 6.70. The summed E-state index contributed by atoms with van der Waals surface area (Å²) in [4.78, 5) is 11.0. The first kappa shape index (κ1) is 13.3. The summed E-state index contributed by atoms with van der Waals surface area (Å²) in [5, 5.41) is 5.85.